The number of rotatable bonds is 7. The highest BCUT2D eigenvalue weighted by Gasteiger charge is 2.59. The van der Waals surface area contributed by atoms with E-state index in [-0.39, 0.29) is 53.5 Å². The number of likely N-dealkylation sites (N-methyl/N-ethyl adjacent to an activating group) is 1. The van der Waals surface area contributed by atoms with Gasteiger partial charge in [-0.1, -0.05) is 26.3 Å². The van der Waals surface area contributed by atoms with Crippen LogP contribution < -0.4 is 10.2 Å². The van der Waals surface area contributed by atoms with Crippen LogP contribution in [0.3, 0.4) is 0 Å². The Morgan fingerprint density at radius 3 is 2.44 bits per heavy atom. The second kappa shape index (κ2) is 11.0. The molecular formula is C36H45F3N4O2. The second-order valence-corrected chi connectivity index (χ2v) is 14.5. The fourth-order valence-electron chi connectivity index (χ4n) is 9.37. The number of aliphatic hydroxyl groups excluding tert-OH is 1. The number of alkyl halides is 3. The normalized spacial score (nSPS) is 30.0. The largest absolute Gasteiger partial charge is 0.510 e. The Morgan fingerprint density at radius 1 is 1.22 bits per heavy atom. The van der Waals surface area contributed by atoms with Gasteiger partial charge in [-0.15, -0.1) is 0 Å². The topological polar surface area (TPSA) is 79.6 Å². The Labute approximate surface area is 264 Å². The van der Waals surface area contributed by atoms with Crippen LogP contribution in [0.1, 0.15) is 79.9 Å². The third-order valence-electron chi connectivity index (χ3n) is 11.7. The minimum atomic E-state index is -4.42. The van der Waals surface area contributed by atoms with Crippen LogP contribution in [0.25, 0.3) is 0 Å². The fraction of sp³-hybridized carbons (Fsp3) is 0.611. The first-order valence-electron chi connectivity index (χ1n) is 16.3. The molecule has 0 spiro atoms. The summed E-state index contributed by atoms with van der Waals surface area (Å²) in [5.41, 5.74) is 6.18. The van der Waals surface area contributed by atoms with Crippen molar-refractivity contribution in [3.05, 3.63) is 62.4 Å². The van der Waals surface area contributed by atoms with Gasteiger partial charge in [-0.2, -0.15) is 18.4 Å². The molecule has 2 N–H and O–H groups in total. The Bertz CT molecular complexity index is 1580. The van der Waals surface area contributed by atoms with E-state index < -0.39 is 12.2 Å². The Kier molecular flexibility index (Phi) is 7.80. The summed E-state index contributed by atoms with van der Waals surface area (Å²) in [6.45, 7) is 5.57. The quantitative estimate of drug-likeness (QED) is 0.346. The second-order valence-electron chi connectivity index (χ2n) is 14.5. The fourth-order valence-corrected chi connectivity index (χ4v) is 9.37. The predicted molar refractivity (Wildman–Crippen MR) is 169 cm³/mol. The van der Waals surface area contributed by atoms with Crippen molar-refractivity contribution in [2.24, 2.45) is 29.1 Å². The van der Waals surface area contributed by atoms with Gasteiger partial charge >= 0.3 is 6.18 Å². The molecule has 1 aromatic rings. The van der Waals surface area contributed by atoms with E-state index in [1.54, 1.807) is 6.07 Å². The number of aliphatic hydroxyl groups is 1. The van der Waals surface area contributed by atoms with E-state index in [1.807, 2.05) is 40.0 Å². The molecule has 1 aromatic carbocycles. The number of hydrogen-bond acceptors (Lipinski definition) is 6. The highest BCUT2D eigenvalue weighted by atomic mass is 19.4. The summed E-state index contributed by atoms with van der Waals surface area (Å²) in [6, 6.07) is 2.17. The molecule has 1 fully saturated rings. The van der Waals surface area contributed by atoms with E-state index in [2.05, 4.69) is 29.3 Å². The zero-order valence-electron chi connectivity index (χ0n) is 27.4. The maximum atomic E-state index is 15.0. The SMILES string of the molecule is CCC(NCc1cc(N(C)C)c2c(c1C#N)C(=O)C1=C3C4C(=CC3(C)C3CCC3)C(C)=C(O)C(N(C)C)C4CC1C2)C(F)(F)F. The Balaban J connectivity index is 1.55. The van der Waals surface area contributed by atoms with E-state index in [0.717, 1.165) is 53.7 Å². The van der Waals surface area contributed by atoms with Gasteiger partial charge in [0, 0.05) is 48.8 Å². The van der Waals surface area contributed by atoms with Crippen LogP contribution in [0.15, 0.2) is 40.2 Å². The lowest BCUT2D eigenvalue weighted by Gasteiger charge is -2.51. The molecule has 6 nitrogen and oxygen atoms in total. The zero-order chi connectivity index (χ0) is 32.7. The number of fused-ring (bicyclic) bond motifs is 2. The number of carbonyl (C=O) groups excluding carboxylic acids is 1. The van der Waals surface area contributed by atoms with Gasteiger partial charge < -0.3 is 15.3 Å². The molecule has 0 saturated heterocycles. The van der Waals surface area contributed by atoms with Crippen molar-refractivity contribution in [1.29, 1.82) is 5.26 Å². The molecule has 0 aliphatic heterocycles. The molecule has 45 heavy (non-hydrogen) atoms. The maximum absolute atomic E-state index is 15.0. The highest BCUT2D eigenvalue weighted by molar-refractivity contribution is 6.14. The van der Waals surface area contributed by atoms with E-state index in [9.17, 15) is 23.5 Å². The van der Waals surface area contributed by atoms with Crippen LogP contribution >= 0.6 is 0 Å². The van der Waals surface area contributed by atoms with Crippen LogP contribution in [0.2, 0.25) is 0 Å². The molecule has 0 amide bonds. The standard InChI is InChI=1S/C36H45F3N4O2/c1-8-27(36(37,38)39)41-17-20-14-26(42(4)5)22-12-19-13-23-29-24(18(2)33(44)32(23)43(6)7)15-35(3,21-10-9-11-21)31(29)28(19)34(45)30(22)25(20)16-40/h14-15,19,21,23,27,29,32,41,44H,8-13,17H2,1-7H3. The van der Waals surface area contributed by atoms with Gasteiger partial charge in [0.2, 0.25) is 0 Å². The highest BCUT2D eigenvalue weighted by Crippen LogP contribution is 2.65. The number of anilines is 1. The van der Waals surface area contributed by atoms with Gasteiger partial charge in [-0.05, 0) is 105 Å². The van der Waals surface area contributed by atoms with Crippen LogP contribution in [-0.2, 0) is 13.0 Å². The molecule has 0 heterocycles. The van der Waals surface area contributed by atoms with Crippen molar-refractivity contribution < 1.29 is 23.1 Å². The number of benzene rings is 1. The molecule has 9 heteroatoms. The third-order valence-corrected chi connectivity index (χ3v) is 11.7. The van der Waals surface area contributed by atoms with E-state index in [1.165, 1.54) is 12.5 Å². The van der Waals surface area contributed by atoms with E-state index in [0.29, 0.717) is 29.2 Å². The van der Waals surface area contributed by atoms with Gasteiger partial charge in [0.05, 0.1) is 11.6 Å². The van der Waals surface area contributed by atoms with Gasteiger partial charge in [-0.3, -0.25) is 9.69 Å². The summed E-state index contributed by atoms with van der Waals surface area (Å²) in [7, 11) is 7.75. The van der Waals surface area contributed by atoms with Crippen LogP contribution in [0.5, 0.6) is 0 Å². The summed E-state index contributed by atoms with van der Waals surface area (Å²) in [5, 5.41) is 24.6. The monoisotopic (exact) mass is 622 g/mol. The summed E-state index contributed by atoms with van der Waals surface area (Å²) in [4.78, 5) is 19.0. The van der Waals surface area contributed by atoms with Crippen molar-refractivity contribution in [2.75, 3.05) is 33.1 Å². The lowest BCUT2D eigenvalue weighted by molar-refractivity contribution is -0.156. The summed E-state index contributed by atoms with van der Waals surface area (Å²) in [6.07, 6.45) is 2.40. The first-order valence-corrected chi connectivity index (χ1v) is 16.3. The first kappa shape index (κ1) is 31.9. The molecule has 242 valence electrons. The number of halogens is 3. The molecule has 6 rings (SSSR count). The predicted octanol–water partition coefficient (Wildman–Crippen LogP) is 6.86. The lowest BCUT2D eigenvalue weighted by Crippen LogP contribution is -2.50. The first-order chi connectivity index (χ1) is 21.1. The van der Waals surface area contributed by atoms with Crippen molar-refractivity contribution in [3.63, 3.8) is 0 Å². The van der Waals surface area contributed by atoms with Crippen molar-refractivity contribution in [1.82, 2.24) is 10.2 Å². The van der Waals surface area contributed by atoms with Gasteiger partial charge in [0.1, 0.15) is 17.9 Å². The number of allylic oxidation sites excluding steroid dienone is 5. The van der Waals surface area contributed by atoms with Crippen molar-refractivity contribution >= 4 is 11.5 Å². The van der Waals surface area contributed by atoms with Crippen molar-refractivity contribution in [2.45, 2.75) is 84.1 Å². The number of nitrogens with zero attached hydrogens (tertiary/aromatic N) is 3. The van der Waals surface area contributed by atoms with Crippen LogP contribution in [0, 0.1) is 40.4 Å². The van der Waals surface area contributed by atoms with Crippen LogP contribution in [0.4, 0.5) is 18.9 Å². The Hall–Kier alpha value is -3.09. The van der Waals surface area contributed by atoms with E-state index in [4.69, 9.17) is 0 Å². The van der Waals surface area contributed by atoms with Crippen molar-refractivity contribution in [3.8, 4) is 6.07 Å². The summed E-state index contributed by atoms with van der Waals surface area (Å²) < 4.78 is 40.9. The molecule has 1 saturated carbocycles. The number of ketones is 1. The minimum Gasteiger partial charge on any atom is -0.510 e. The molecule has 5 aliphatic carbocycles. The maximum Gasteiger partial charge on any atom is 0.403 e. The van der Waals surface area contributed by atoms with Gasteiger partial charge in [-0.25, -0.2) is 0 Å². The smallest absolute Gasteiger partial charge is 0.403 e. The number of carbonyl (C=O) groups is 1. The molecule has 6 unspecified atom stereocenters. The third kappa shape index (κ3) is 4.69. The minimum absolute atomic E-state index is 0.0106. The summed E-state index contributed by atoms with van der Waals surface area (Å²) >= 11 is 0. The number of Topliss-reactive ketones (excluding diaryl/α,β-unsaturated/α-hetero) is 1. The lowest BCUT2D eigenvalue weighted by atomic mass is 9.54. The zero-order valence-corrected chi connectivity index (χ0v) is 27.4. The van der Waals surface area contributed by atoms with E-state index >= 15 is 4.79 Å². The Morgan fingerprint density at radius 2 is 1.91 bits per heavy atom. The number of nitrogens with one attached hydrogen (secondary N) is 1. The summed E-state index contributed by atoms with van der Waals surface area (Å²) in [5.74, 6) is 0.707. The number of nitriles is 1. The molecular weight excluding hydrogens is 577 g/mol. The van der Waals surface area contributed by atoms with Crippen LogP contribution in [-0.4, -0.2) is 62.2 Å². The molecule has 0 bridgehead atoms. The molecule has 0 radical (unpaired) electrons. The molecule has 5 aliphatic rings. The average Bonchev–Trinajstić information content (AvgIpc) is 3.23. The van der Waals surface area contributed by atoms with Gasteiger partial charge in [0.25, 0.3) is 0 Å². The average molecular weight is 623 g/mol. The number of hydrogen-bond donors (Lipinski definition) is 2. The van der Waals surface area contributed by atoms with Gasteiger partial charge in [0.15, 0.2) is 5.78 Å². The molecule has 6 atom stereocenters. The molecule has 0 aromatic heterocycles.